The normalized spacial score (nSPS) is 14.0. The number of amides is 1. The Balaban J connectivity index is 1.35. The van der Waals surface area contributed by atoms with Crippen LogP contribution in [0.2, 0.25) is 0 Å². The molecule has 5 rings (SSSR count). The number of carbonyl (C=O) groups excluding carboxylic acids is 1. The van der Waals surface area contributed by atoms with Gasteiger partial charge in [0.05, 0.1) is 36.5 Å². The van der Waals surface area contributed by atoms with Crippen molar-refractivity contribution in [3.8, 4) is 11.4 Å². The molecule has 13 heteroatoms. The fourth-order valence-corrected chi connectivity index (χ4v) is 5.40. The fourth-order valence-electron chi connectivity index (χ4n) is 4.27. The van der Waals surface area contributed by atoms with E-state index in [0.717, 1.165) is 36.5 Å². The summed E-state index contributed by atoms with van der Waals surface area (Å²) in [6, 6.07) is 11.2. The number of nitrogens with one attached hydrogen (secondary N) is 3. The molecule has 0 radical (unpaired) electrons. The number of morpholine rings is 1. The SMILES string of the molecule is CCCS(=O)(=O)Nc1ccc(F)c(C(=O)Nc2cnc3[nH]c(-c4ccc(N5CCOCC5)cc4)nc3c2)c1F. The van der Waals surface area contributed by atoms with Crippen LogP contribution in [0.25, 0.3) is 22.6 Å². The largest absolute Gasteiger partial charge is 0.378 e. The number of hydrogen-bond donors (Lipinski definition) is 3. The lowest BCUT2D eigenvalue weighted by molar-refractivity contribution is 0.101. The topological polar surface area (TPSA) is 129 Å². The van der Waals surface area contributed by atoms with Crippen LogP contribution in [0.4, 0.5) is 25.8 Å². The molecule has 2 aromatic carbocycles. The van der Waals surface area contributed by atoms with Crippen LogP contribution in [0.1, 0.15) is 23.7 Å². The van der Waals surface area contributed by atoms with Gasteiger partial charge in [0.2, 0.25) is 10.0 Å². The third-order valence-corrected chi connectivity index (χ3v) is 7.64. The summed E-state index contributed by atoms with van der Waals surface area (Å²) in [5.74, 6) is -3.24. The van der Waals surface area contributed by atoms with Crippen molar-refractivity contribution in [3.63, 3.8) is 0 Å². The van der Waals surface area contributed by atoms with Gasteiger partial charge < -0.3 is 19.9 Å². The molecule has 1 fully saturated rings. The van der Waals surface area contributed by atoms with Gasteiger partial charge in [-0.1, -0.05) is 6.92 Å². The van der Waals surface area contributed by atoms with Gasteiger partial charge in [-0.15, -0.1) is 0 Å². The third kappa shape index (κ3) is 5.83. The second-order valence-electron chi connectivity index (χ2n) is 8.98. The van der Waals surface area contributed by atoms with Crippen molar-refractivity contribution in [1.82, 2.24) is 15.0 Å². The van der Waals surface area contributed by atoms with Crippen LogP contribution in [-0.2, 0) is 14.8 Å². The number of halogens is 2. The summed E-state index contributed by atoms with van der Waals surface area (Å²) in [7, 11) is -3.85. The lowest BCUT2D eigenvalue weighted by Gasteiger charge is -2.28. The van der Waals surface area contributed by atoms with E-state index < -0.39 is 38.8 Å². The van der Waals surface area contributed by atoms with Crippen LogP contribution in [-0.4, -0.2) is 61.3 Å². The number of H-pyrrole nitrogens is 1. The smallest absolute Gasteiger partial charge is 0.261 e. The monoisotopic (exact) mass is 556 g/mol. The Kier molecular flexibility index (Phi) is 7.44. The van der Waals surface area contributed by atoms with Crippen molar-refractivity contribution in [2.45, 2.75) is 13.3 Å². The number of pyridine rings is 1. The molecule has 204 valence electrons. The zero-order valence-electron chi connectivity index (χ0n) is 21.0. The highest BCUT2D eigenvalue weighted by molar-refractivity contribution is 7.92. The Morgan fingerprint density at radius 2 is 1.87 bits per heavy atom. The standard InChI is InChI=1S/C26H26F2N6O4S/c1-2-13-39(36,37)33-20-8-7-19(27)22(23(20)28)26(35)30-17-14-21-25(29-15-17)32-24(31-21)16-3-5-18(6-4-16)34-9-11-38-12-10-34/h3-8,14-15,33H,2,9-13H2,1H3,(H,30,35)(H,29,31,32). The van der Waals surface area contributed by atoms with E-state index in [-0.39, 0.29) is 11.4 Å². The number of benzene rings is 2. The van der Waals surface area contributed by atoms with Gasteiger partial charge in [0.15, 0.2) is 11.5 Å². The van der Waals surface area contributed by atoms with Crippen molar-refractivity contribution in [2.24, 2.45) is 0 Å². The predicted molar refractivity (Wildman–Crippen MR) is 144 cm³/mol. The van der Waals surface area contributed by atoms with Gasteiger partial charge in [-0.05, 0) is 48.9 Å². The maximum absolute atomic E-state index is 15.0. The summed E-state index contributed by atoms with van der Waals surface area (Å²) in [4.78, 5) is 27.0. The van der Waals surface area contributed by atoms with E-state index in [1.807, 2.05) is 24.3 Å². The molecular formula is C26H26F2N6O4S. The first-order chi connectivity index (χ1) is 18.7. The molecule has 0 atom stereocenters. The minimum atomic E-state index is -3.85. The number of anilines is 3. The highest BCUT2D eigenvalue weighted by Crippen LogP contribution is 2.26. The van der Waals surface area contributed by atoms with E-state index >= 15 is 0 Å². The number of sulfonamides is 1. The van der Waals surface area contributed by atoms with Gasteiger partial charge in [-0.2, -0.15) is 0 Å². The van der Waals surface area contributed by atoms with Gasteiger partial charge in [0, 0.05) is 24.3 Å². The molecule has 2 aromatic heterocycles. The highest BCUT2D eigenvalue weighted by Gasteiger charge is 2.23. The van der Waals surface area contributed by atoms with Crippen LogP contribution in [0, 0.1) is 11.6 Å². The number of aromatic nitrogens is 3. The number of ether oxygens (including phenoxy) is 1. The fraction of sp³-hybridized carbons (Fsp3) is 0.269. The van der Waals surface area contributed by atoms with Gasteiger partial charge in [0.25, 0.3) is 5.91 Å². The van der Waals surface area contributed by atoms with Crippen LogP contribution in [0.3, 0.4) is 0 Å². The molecule has 0 bridgehead atoms. The molecule has 1 aliphatic heterocycles. The summed E-state index contributed by atoms with van der Waals surface area (Å²) in [5, 5.41) is 2.41. The first-order valence-corrected chi connectivity index (χ1v) is 14.0. The van der Waals surface area contributed by atoms with E-state index in [1.54, 1.807) is 6.92 Å². The molecule has 10 nitrogen and oxygen atoms in total. The number of fused-ring (bicyclic) bond motifs is 1. The van der Waals surface area contributed by atoms with Crippen molar-refractivity contribution in [1.29, 1.82) is 0 Å². The van der Waals surface area contributed by atoms with E-state index in [9.17, 15) is 22.0 Å². The van der Waals surface area contributed by atoms with E-state index in [1.165, 1.54) is 12.3 Å². The Labute approximate surface area is 223 Å². The molecule has 0 spiro atoms. The number of hydrogen-bond acceptors (Lipinski definition) is 7. The molecule has 4 aromatic rings. The Bertz CT molecular complexity index is 1620. The molecule has 1 aliphatic rings. The number of rotatable bonds is 8. The molecular weight excluding hydrogens is 530 g/mol. The van der Waals surface area contributed by atoms with Crippen LogP contribution in [0.5, 0.6) is 0 Å². The number of carbonyl (C=O) groups is 1. The van der Waals surface area contributed by atoms with Crippen LogP contribution >= 0.6 is 0 Å². The number of nitrogens with zero attached hydrogens (tertiary/aromatic N) is 3. The summed E-state index contributed by atoms with van der Waals surface area (Å²) in [6.07, 6.45) is 1.63. The molecule has 39 heavy (non-hydrogen) atoms. The quantitative estimate of drug-likeness (QED) is 0.297. The predicted octanol–water partition coefficient (Wildman–Crippen LogP) is 4.14. The molecule has 3 heterocycles. The molecule has 3 N–H and O–H groups in total. The summed E-state index contributed by atoms with van der Waals surface area (Å²) < 4.78 is 60.9. The first kappa shape index (κ1) is 26.5. The van der Waals surface area contributed by atoms with Gasteiger partial charge in [-0.3, -0.25) is 9.52 Å². The summed E-state index contributed by atoms with van der Waals surface area (Å²) in [5.41, 5.74) is 1.54. The molecule has 0 unspecified atom stereocenters. The Morgan fingerprint density at radius 3 is 2.59 bits per heavy atom. The minimum Gasteiger partial charge on any atom is -0.378 e. The van der Waals surface area contributed by atoms with Crippen molar-refractivity contribution < 1.29 is 26.7 Å². The van der Waals surface area contributed by atoms with Crippen molar-refractivity contribution >= 4 is 44.2 Å². The minimum absolute atomic E-state index is 0.156. The average Bonchev–Trinajstić information content (AvgIpc) is 3.34. The van der Waals surface area contributed by atoms with E-state index in [2.05, 4.69) is 29.9 Å². The average molecular weight is 557 g/mol. The van der Waals surface area contributed by atoms with E-state index in [4.69, 9.17) is 4.74 Å². The van der Waals surface area contributed by atoms with Gasteiger partial charge in [-0.25, -0.2) is 27.2 Å². The third-order valence-electron chi connectivity index (χ3n) is 6.17. The maximum Gasteiger partial charge on any atom is 0.261 e. The van der Waals surface area contributed by atoms with Crippen LogP contribution in [0.15, 0.2) is 48.7 Å². The van der Waals surface area contributed by atoms with Gasteiger partial charge in [0.1, 0.15) is 22.7 Å². The summed E-state index contributed by atoms with van der Waals surface area (Å²) >= 11 is 0. The van der Waals surface area contributed by atoms with Crippen molar-refractivity contribution in [3.05, 3.63) is 65.9 Å². The Hall–Kier alpha value is -4.10. The van der Waals surface area contributed by atoms with Gasteiger partial charge >= 0.3 is 0 Å². The maximum atomic E-state index is 15.0. The molecule has 0 aliphatic carbocycles. The first-order valence-electron chi connectivity index (χ1n) is 12.3. The summed E-state index contributed by atoms with van der Waals surface area (Å²) in [6.45, 7) is 4.69. The number of imidazole rings is 1. The molecule has 1 saturated heterocycles. The van der Waals surface area contributed by atoms with Crippen LogP contribution < -0.4 is 14.9 Å². The Morgan fingerprint density at radius 1 is 1.13 bits per heavy atom. The zero-order chi connectivity index (χ0) is 27.6. The van der Waals surface area contributed by atoms with Crippen molar-refractivity contribution in [2.75, 3.05) is 47.0 Å². The molecule has 1 amide bonds. The van der Waals surface area contributed by atoms with E-state index in [0.29, 0.717) is 36.6 Å². The highest BCUT2D eigenvalue weighted by atomic mass is 32.2. The second kappa shape index (κ2) is 10.9. The number of aromatic amines is 1. The molecule has 0 saturated carbocycles. The lowest BCUT2D eigenvalue weighted by atomic mass is 10.1. The lowest BCUT2D eigenvalue weighted by Crippen LogP contribution is -2.36. The zero-order valence-corrected chi connectivity index (χ0v) is 21.8. The second-order valence-corrected chi connectivity index (χ2v) is 10.8.